The number of aromatic amines is 1. The number of benzene rings is 1. The number of fused-ring (bicyclic) bond motifs is 1. The van der Waals surface area contributed by atoms with Gasteiger partial charge in [0.05, 0.1) is 7.11 Å². The molecule has 0 aliphatic carbocycles. The summed E-state index contributed by atoms with van der Waals surface area (Å²) in [5, 5.41) is 4.60. The Hall–Kier alpha value is -1.00. The highest BCUT2D eigenvalue weighted by Gasteiger charge is 2.22. The van der Waals surface area contributed by atoms with Gasteiger partial charge in [-0.25, -0.2) is 0 Å². The van der Waals surface area contributed by atoms with E-state index in [2.05, 4.69) is 38.4 Å². The number of hydrogen-bond donors (Lipinski definition) is 2. The first-order valence-corrected chi connectivity index (χ1v) is 6.64. The Kier molecular flexibility index (Phi) is 2.84. The van der Waals surface area contributed by atoms with E-state index < -0.39 is 0 Å². The predicted octanol–water partition coefficient (Wildman–Crippen LogP) is 3.02. The van der Waals surface area contributed by atoms with Crippen molar-refractivity contribution < 1.29 is 4.74 Å². The van der Waals surface area contributed by atoms with Crippen molar-refractivity contribution in [2.24, 2.45) is 0 Å². The second kappa shape index (κ2) is 4.35. The molecule has 0 bridgehead atoms. The van der Waals surface area contributed by atoms with Gasteiger partial charge in [0.2, 0.25) is 0 Å². The van der Waals surface area contributed by atoms with Crippen molar-refractivity contribution >= 4 is 26.8 Å². The van der Waals surface area contributed by atoms with Gasteiger partial charge in [-0.2, -0.15) is 0 Å². The first-order chi connectivity index (χ1) is 8.29. The van der Waals surface area contributed by atoms with E-state index in [4.69, 9.17) is 4.74 Å². The highest BCUT2D eigenvalue weighted by atomic mass is 79.9. The van der Waals surface area contributed by atoms with Gasteiger partial charge in [-0.15, -0.1) is 0 Å². The normalized spacial score (nSPS) is 20.0. The smallest absolute Gasteiger partial charge is 0.119 e. The van der Waals surface area contributed by atoms with Gasteiger partial charge in [-0.3, -0.25) is 0 Å². The van der Waals surface area contributed by atoms with Crippen LogP contribution in [0, 0.1) is 0 Å². The van der Waals surface area contributed by atoms with Crippen molar-refractivity contribution in [2.75, 3.05) is 20.2 Å². The van der Waals surface area contributed by atoms with Crippen molar-refractivity contribution in [1.29, 1.82) is 0 Å². The molecule has 1 saturated heterocycles. The van der Waals surface area contributed by atoms with Crippen LogP contribution in [-0.2, 0) is 0 Å². The Morgan fingerprint density at radius 2 is 2.29 bits per heavy atom. The van der Waals surface area contributed by atoms with Gasteiger partial charge >= 0.3 is 0 Å². The van der Waals surface area contributed by atoms with Crippen molar-refractivity contribution in [1.82, 2.24) is 10.3 Å². The summed E-state index contributed by atoms with van der Waals surface area (Å²) in [7, 11) is 1.70. The number of rotatable bonds is 2. The van der Waals surface area contributed by atoms with Crippen LogP contribution in [0.3, 0.4) is 0 Å². The first kappa shape index (κ1) is 11.1. The largest absolute Gasteiger partial charge is 0.497 e. The minimum Gasteiger partial charge on any atom is -0.497 e. The van der Waals surface area contributed by atoms with Crippen LogP contribution in [0.5, 0.6) is 5.75 Å². The molecular formula is C13H15BrN2O. The first-order valence-electron chi connectivity index (χ1n) is 5.85. The number of methoxy groups -OCH3 is 1. The Bertz CT molecular complexity index is 544. The molecule has 1 atom stereocenters. The number of nitrogens with one attached hydrogen (secondary N) is 2. The van der Waals surface area contributed by atoms with Crippen LogP contribution in [-0.4, -0.2) is 25.2 Å². The van der Waals surface area contributed by atoms with E-state index in [1.807, 2.05) is 6.07 Å². The fraction of sp³-hybridized carbons (Fsp3) is 0.385. The van der Waals surface area contributed by atoms with Crippen LogP contribution in [0.1, 0.15) is 18.0 Å². The average molecular weight is 295 g/mol. The molecular weight excluding hydrogens is 280 g/mol. The van der Waals surface area contributed by atoms with Gasteiger partial charge in [0.25, 0.3) is 0 Å². The SMILES string of the molecule is COc1ccc2[nH]c(C3CCNC3)c(Br)c2c1. The molecule has 1 unspecified atom stereocenters. The number of H-pyrrole nitrogens is 1. The van der Waals surface area contributed by atoms with E-state index in [1.165, 1.54) is 27.5 Å². The van der Waals surface area contributed by atoms with E-state index in [0.717, 1.165) is 18.8 Å². The van der Waals surface area contributed by atoms with Gasteiger partial charge in [-0.05, 0) is 47.1 Å². The van der Waals surface area contributed by atoms with Crippen LogP contribution < -0.4 is 10.1 Å². The molecule has 0 radical (unpaired) electrons. The molecule has 4 heteroatoms. The monoisotopic (exact) mass is 294 g/mol. The molecule has 2 heterocycles. The minimum atomic E-state index is 0.586. The van der Waals surface area contributed by atoms with Crippen LogP contribution in [0.25, 0.3) is 10.9 Å². The molecule has 3 rings (SSSR count). The summed E-state index contributed by atoms with van der Waals surface area (Å²) in [5.74, 6) is 1.48. The van der Waals surface area contributed by atoms with Gasteiger partial charge in [0.15, 0.2) is 0 Å². The molecule has 0 saturated carbocycles. The van der Waals surface area contributed by atoms with E-state index in [0.29, 0.717) is 5.92 Å². The number of aromatic nitrogens is 1. The summed E-state index contributed by atoms with van der Waals surface area (Å²) >= 11 is 3.71. The predicted molar refractivity (Wildman–Crippen MR) is 72.8 cm³/mol. The fourth-order valence-corrected chi connectivity index (χ4v) is 3.22. The van der Waals surface area contributed by atoms with Gasteiger partial charge in [-0.1, -0.05) is 0 Å². The topological polar surface area (TPSA) is 37.0 Å². The van der Waals surface area contributed by atoms with Gasteiger partial charge in [0, 0.05) is 33.5 Å². The van der Waals surface area contributed by atoms with Crippen molar-refractivity contribution in [3.8, 4) is 5.75 Å². The quantitative estimate of drug-likeness (QED) is 0.893. The lowest BCUT2D eigenvalue weighted by atomic mass is 10.1. The maximum atomic E-state index is 5.26. The summed E-state index contributed by atoms with van der Waals surface area (Å²) in [6, 6.07) is 6.13. The summed E-state index contributed by atoms with van der Waals surface area (Å²) in [4.78, 5) is 3.51. The highest BCUT2D eigenvalue weighted by molar-refractivity contribution is 9.10. The third-order valence-corrected chi connectivity index (χ3v) is 4.29. The summed E-state index contributed by atoms with van der Waals surface area (Å²) in [6.45, 7) is 2.17. The van der Waals surface area contributed by atoms with Gasteiger partial charge < -0.3 is 15.0 Å². The molecule has 1 aliphatic heterocycles. The molecule has 1 aromatic heterocycles. The van der Waals surface area contributed by atoms with Crippen LogP contribution in [0.2, 0.25) is 0 Å². The van der Waals surface area contributed by atoms with Crippen LogP contribution in [0.4, 0.5) is 0 Å². The highest BCUT2D eigenvalue weighted by Crippen LogP contribution is 2.36. The number of halogens is 1. The molecule has 2 aromatic rings. The molecule has 2 N–H and O–H groups in total. The van der Waals surface area contributed by atoms with Crippen molar-refractivity contribution in [3.63, 3.8) is 0 Å². The van der Waals surface area contributed by atoms with Crippen LogP contribution >= 0.6 is 15.9 Å². The third kappa shape index (κ3) is 1.85. The maximum Gasteiger partial charge on any atom is 0.119 e. The molecule has 1 aliphatic rings. The Balaban J connectivity index is 2.11. The lowest BCUT2D eigenvalue weighted by Gasteiger charge is -2.06. The molecule has 3 nitrogen and oxygen atoms in total. The second-order valence-electron chi connectivity index (χ2n) is 4.45. The Morgan fingerprint density at radius 1 is 1.41 bits per heavy atom. The van der Waals surface area contributed by atoms with Gasteiger partial charge in [0.1, 0.15) is 5.75 Å². The Labute approximate surface area is 109 Å². The lowest BCUT2D eigenvalue weighted by Crippen LogP contribution is -2.08. The molecule has 17 heavy (non-hydrogen) atoms. The third-order valence-electron chi connectivity index (χ3n) is 3.44. The number of ether oxygens (including phenoxy) is 1. The summed E-state index contributed by atoms with van der Waals surface area (Å²) < 4.78 is 6.45. The lowest BCUT2D eigenvalue weighted by molar-refractivity contribution is 0.415. The minimum absolute atomic E-state index is 0.586. The zero-order chi connectivity index (χ0) is 11.8. The number of hydrogen-bond acceptors (Lipinski definition) is 2. The molecule has 0 amide bonds. The van der Waals surface area contributed by atoms with Crippen LogP contribution in [0.15, 0.2) is 22.7 Å². The second-order valence-corrected chi connectivity index (χ2v) is 5.25. The van der Waals surface area contributed by atoms with E-state index in [1.54, 1.807) is 7.11 Å². The Morgan fingerprint density at radius 3 is 3.00 bits per heavy atom. The summed E-state index contributed by atoms with van der Waals surface area (Å²) in [6.07, 6.45) is 1.20. The van der Waals surface area contributed by atoms with E-state index in [9.17, 15) is 0 Å². The van der Waals surface area contributed by atoms with E-state index >= 15 is 0 Å². The molecule has 0 spiro atoms. The zero-order valence-electron chi connectivity index (χ0n) is 9.72. The molecule has 90 valence electrons. The maximum absolute atomic E-state index is 5.26. The molecule has 1 fully saturated rings. The fourth-order valence-electron chi connectivity index (χ4n) is 2.47. The standard InChI is InChI=1S/C13H15BrN2O/c1-17-9-2-3-11-10(6-9)12(14)13(16-11)8-4-5-15-7-8/h2-3,6,8,15-16H,4-5,7H2,1H3. The van der Waals surface area contributed by atoms with Crippen molar-refractivity contribution in [3.05, 3.63) is 28.4 Å². The summed E-state index contributed by atoms with van der Waals surface area (Å²) in [5.41, 5.74) is 2.47. The zero-order valence-corrected chi connectivity index (χ0v) is 11.3. The van der Waals surface area contributed by atoms with E-state index in [-0.39, 0.29) is 0 Å². The average Bonchev–Trinajstić information content (AvgIpc) is 2.97. The molecule has 1 aromatic carbocycles. The van der Waals surface area contributed by atoms with Crippen molar-refractivity contribution in [2.45, 2.75) is 12.3 Å².